The maximum absolute atomic E-state index is 10.9. The number of hydrogen-bond acceptors (Lipinski definition) is 2. The number of primary amides is 1. The molecule has 0 fully saturated rings. The fourth-order valence-corrected chi connectivity index (χ4v) is 1.34. The highest BCUT2D eigenvalue weighted by atomic mass is 16.2. The zero-order valence-electron chi connectivity index (χ0n) is 12.1. The van der Waals surface area contributed by atoms with Crippen LogP contribution in [0.2, 0.25) is 0 Å². The van der Waals surface area contributed by atoms with Crippen molar-refractivity contribution in [2.24, 2.45) is 5.73 Å². The third kappa shape index (κ3) is 17.1. The first-order valence-corrected chi connectivity index (χ1v) is 6.96. The maximum Gasteiger partial charge on any atom is 0.312 e. The minimum Gasteiger partial charge on any atom is -0.356 e. The topological polar surface area (TPSA) is 84.2 Å². The summed E-state index contributed by atoms with van der Waals surface area (Å²) in [6, 6.07) is -0.456. The van der Waals surface area contributed by atoms with Crippen molar-refractivity contribution < 1.29 is 9.59 Å². The summed E-state index contributed by atoms with van der Waals surface area (Å²) in [4.78, 5) is 21.2. The third-order valence-electron chi connectivity index (χ3n) is 2.30. The molecule has 5 nitrogen and oxygen atoms in total. The Morgan fingerprint density at radius 1 is 0.889 bits per heavy atom. The van der Waals surface area contributed by atoms with Crippen LogP contribution in [0.25, 0.3) is 0 Å². The van der Waals surface area contributed by atoms with Crippen molar-refractivity contribution in [3.8, 4) is 0 Å². The van der Waals surface area contributed by atoms with Crippen LogP contribution in [-0.4, -0.2) is 25.0 Å². The van der Waals surface area contributed by atoms with Crippen LogP contribution in [0.15, 0.2) is 0 Å². The van der Waals surface area contributed by atoms with Crippen LogP contribution in [0.3, 0.4) is 0 Å². The van der Waals surface area contributed by atoms with E-state index in [-0.39, 0.29) is 5.91 Å². The lowest BCUT2D eigenvalue weighted by molar-refractivity contribution is -0.120. The summed E-state index contributed by atoms with van der Waals surface area (Å²) in [5.41, 5.74) is 4.92. The molecule has 0 unspecified atom stereocenters. The van der Waals surface area contributed by atoms with Crippen molar-refractivity contribution in [2.75, 3.05) is 13.1 Å². The van der Waals surface area contributed by atoms with Gasteiger partial charge in [0.25, 0.3) is 0 Å². The molecule has 0 radical (unpaired) electrons. The largest absolute Gasteiger partial charge is 0.356 e. The molecule has 0 rings (SSSR count). The van der Waals surface area contributed by atoms with E-state index in [1.54, 1.807) is 0 Å². The van der Waals surface area contributed by atoms with Crippen molar-refractivity contribution in [1.29, 1.82) is 0 Å². The monoisotopic (exact) mass is 259 g/mol. The van der Waals surface area contributed by atoms with E-state index in [1.165, 1.54) is 0 Å². The second-order valence-electron chi connectivity index (χ2n) is 3.76. The molecule has 0 atom stereocenters. The van der Waals surface area contributed by atoms with E-state index in [4.69, 9.17) is 5.73 Å². The average Bonchev–Trinajstić information content (AvgIpc) is 2.38. The minimum absolute atomic E-state index is 0.116. The summed E-state index contributed by atoms with van der Waals surface area (Å²) in [6.07, 6.45) is 5.86. The highest BCUT2D eigenvalue weighted by molar-refractivity contribution is 5.75. The highest BCUT2D eigenvalue weighted by Crippen LogP contribution is 2.01. The van der Waals surface area contributed by atoms with Crippen molar-refractivity contribution in [3.63, 3.8) is 0 Å². The Bertz CT molecular complexity index is 208. The second-order valence-corrected chi connectivity index (χ2v) is 3.76. The second kappa shape index (κ2) is 15.7. The molecule has 0 bridgehead atoms. The summed E-state index contributed by atoms with van der Waals surface area (Å²) in [7, 11) is 0. The smallest absolute Gasteiger partial charge is 0.312 e. The van der Waals surface area contributed by atoms with E-state index >= 15 is 0 Å². The lowest BCUT2D eigenvalue weighted by Crippen LogP contribution is -2.29. The fourth-order valence-electron chi connectivity index (χ4n) is 1.34. The van der Waals surface area contributed by atoms with E-state index in [0.717, 1.165) is 38.6 Å². The molecule has 4 N–H and O–H groups in total. The Kier molecular flexibility index (Phi) is 16.7. The summed E-state index contributed by atoms with van der Waals surface area (Å²) in [6.45, 7) is 7.27. The number of rotatable bonds is 9. The molecule has 0 saturated carbocycles. The number of nitrogens with one attached hydrogen (secondary N) is 2. The van der Waals surface area contributed by atoms with E-state index < -0.39 is 6.03 Å². The zero-order chi connectivity index (χ0) is 14.2. The van der Waals surface area contributed by atoms with Crippen LogP contribution >= 0.6 is 0 Å². The van der Waals surface area contributed by atoms with Gasteiger partial charge in [0.2, 0.25) is 5.91 Å². The first kappa shape index (κ1) is 19.1. The van der Waals surface area contributed by atoms with Gasteiger partial charge in [-0.25, -0.2) is 4.79 Å². The van der Waals surface area contributed by atoms with Crippen LogP contribution in [0.4, 0.5) is 4.79 Å². The molecule has 18 heavy (non-hydrogen) atoms. The summed E-state index contributed by atoms with van der Waals surface area (Å²) in [5, 5.41) is 5.39. The van der Waals surface area contributed by atoms with Gasteiger partial charge < -0.3 is 16.4 Å². The number of urea groups is 1. The molecule has 0 aliphatic carbocycles. The molecule has 0 aromatic heterocycles. The number of nitrogens with two attached hydrogens (primary N) is 1. The summed E-state index contributed by atoms with van der Waals surface area (Å²) >= 11 is 0. The molecule has 0 aliphatic heterocycles. The predicted molar refractivity (Wildman–Crippen MR) is 75.3 cm³/mol. The number of amides is 3. The molecule has 0 aromatic carbocycles. The van der Waals surface area contributed by atoms with Gasteiger partial charge in [-0.1, -0.05) is 40.0 Å². The molecule has 0 aliphatic rings. The molecular weight excluding hydrogens is 230 g/mol. The third-order valence-corrected chi connectivity index (χ3v) is 2.30. The quantitative estimate of drug-likeness (QED) is 0.554. The first-order valence-electron chi connectivity index (χ1n) is 6.96. The number of carbonyl (C=O) groups is 2. The Morgan fingerprint density at radius 2 is 1.33 bits per heavy atom. The first-order chi connectivity index (χ1) is 8.66. The fraction of sp³-hybridized carbons (Fsp3) is 0.846. The Balaban J connectivity index is 0. The van der Waals surface area contributed by atoms with Gasteiger partial charge in [0, 0.05) is 19.5 Å². The van der Waals surface area contributed by atoms with Crippen molar-refractivity contribution in [2.45, 2.75) is 59.3 Å². The SMILES string of the molecule is CC.CCC(=O)NCCCCCCCNC(N)=O. The molecule has 3 amide bonds. The molecule has 0 saturated heterocycles. The molecule has 5 heteroatoms. The van der Waals surface area contributed by atoms with E-state index in [1.807, 2.05) is 20.8 Å². The standard InChI is InChI=1S/C11H23N3O2.C2H6/c1-2-10(15)13-8-6-4-3-5-7-9-14-11(12)16;1-2/h2-9H2,1H3,(H,13,15)(H3,12,14,16);1-2H3. The average molecular weight is 259 g/mol. The zero-order valence-corrected chi connectivity index (χ0v) is 12.1. The summed E-state index contributed by atoms with van der Waals surface area (Å²) in [5.74, 6) is 0.116. The molecule has 108 valence electrons. The van der Waals surface area contributed by atoms with Gasteiger partial charge in [-0.15, -0.1) is 0 Å². The van der Waals surface area contributed by atoms with Crippen LogP contribution in [0.5, 0.6) is 0 Å². The van der Waals surface area contributed by atoms with Crippen LogP contribution in [0, 0.1) is 0 Å². The van der Waals surface area contributed by atoms with Gasteiger partial charge in [-0.2, -0.15) is 0 Å². The van der Waals surface area contributed by atoms with Gasteiger partial charge >= 0.3 is 6.03 Å². The number of unbranched alkanes of at least 4 members (excludes halogenated alkanes) is 4. The minimum atomic E-state index is -0.456. The summed E-state index contributed by atoms with van der Waals surface area (Å²) < 4.78 is 0. The van der Waals surface area contributed by atoms with Crippen molar-refractivity contribution in [1.82, 2.24) is 10.6 Å². The lowest BCUT2D eigenvalue weighted by Gasteiger charge is -2.04. The van der Waals surface area contributed by atoms with Gasteiger partial charge in [0.05, 0.1) is 0 Å². The Labute approximate surface area is 111 Å². The number of hydrogen-bond donors (Lipinski definition) is 3. The van der Waals surface area contributed by atoms with Gasteiger partial charge in [-0.3, -0.25) is 4.79 Å². The lowest BCUT2D eigenvalue weighted by atomic mass is 10.1. The normalized spacial score (nSPS) is 9.06. The molecular formula is C13H29N3O2. The molecule has 0 aromatic rings. The van der Waals surface area contributed by atoms with Crippen LogP contribution in [0.1, 0.15) is 59.3 Å². The van der Waals surface area contributed by atoms with E-state index in [0.29, 0.717) is 13.0 Å². The predicted octanol–water partition coefficient (Wildman–Crippen LogP) is 2.16. The van der Waals surface area contributed by atoms with Gasteiger partial charge in [0.15, 0.2) is 0 Å². The molecule has 0 heterocycles. The highest BCUT2D eigenvalue weighted by Gasteiger charge is 1.95. The van der Waals surface area contributed by atoms with Crippen LogP contribution < -0.4 is 16.4 Å². The molecule has 0 spiro atoms. The van der Waals surface area contributed by atoms with Gasteiger partial charge in [-0.05, 0) is 12.8 Å². The van der Waals surface area contributed by atoms with E-state index in [9.17, 15) is 9.59 Å². The van der Waals surface area contributed by atoms with Crippen molar-refractivity contribution >= 4 is 11.9 Å². The maximum atomic E-state index is 10.9. The van der Waals surface area contributed by atoms with Crippen LogP contribution in [-0.2, 0) is 4.79 Å². The number of carbonyl (C=O) groups excluding carboxylic acids is 2. The van der Waals surface area contributed by atoms with E-state index in [2.05, 4.69) is 10.6 Å². The Hall–Kier alpha value is -1.26. The van der Waals surface area contributed by atoms with Crippen molar-refractivity contribution in [3.05, 3.63) is 0 Å². The van der Waals surface area contributed by atoms with Gasteiger partial charge in [0.1, 0.15) is 0 Å². The Morgan fingerprint density at radius 3 is 1.78 bits per heavy atom.